The second-order valence-corrected chi connectivity index (χ2v) is 9.60. The summed E-state index contributed by atoms with van der Waals surface area (Å²) >= 11 is 0. The van der Waals surface area contributed by atoms with Crippen molar-refractivity contribution in [3.8, 4) is 28.0 Å². The van der Waals surface area contributed by atoms with Crippen molar-refractivity contribution in [2.24, 2.45) is 5.41 Å². The molecule has 1 aromatic heterocycles. The Morgan fingerprint density at radius 1 is 1.13 bits per heavy atom. The molecule has 0 bridgehead atoms. The van der Waals surface area contributed by atoms with Crippen LogP contribution >= 0.6 is 0 Å². The number of hydrogen-bond donors (Lipinski definition) is 3. The molecule has 8 nitrogen and oxygen atoms in total. The minimum atomic E-state index is -1.09. The van der Waals surface area contributed by atoms with E-state index in [1.807, 2.05) is 6.07 Å². The first-order valence-electron chi connectivity index (χ1n) is 12.2. The largest absolute Gasteiger partial charge is 0.496 e. The number of nitrogens with two attached hydrogens (primary N) is 1. The van der Waals surface area contributed by atoms with E-state index in [0.29, 0.717) is 39.1 Å². The van der Waals surface area contributed by atoms with Gasteiger partial charge in [0, 0.05) is 23.2 Å². The maximum atomic E-state index is 13.3. The maximum Gasteiger partial charge on any atom is 0.283 e. The number of amides is 2. The van der Waals surface area contributed by atoms with Crippen molar-refractivity contribution in [2.75, 3.05) is 31.4 Å². The van der Waals surface area contributed by atoms with Crippen molar-refractivity contribution in [3.05, 3.63) is 72.6 Å². The van der Waals surface area contributed by atoms with Crippen LogP contribution in [0.2, 0.25) is 0 Å². The molecule has 1 fully saturated rings. The van der Waals surface area contributed by atoms with Gasteiger partial charge < -0.3 is 25.6 Å². The molecule has 200 valence electrons. The Kier molecular flexibility index (Phi) is 6.78. The fourth-order valence-electron chi connectivity index (χ4n) is 4.46. The smallest absolute Gasteiger partial charge is 0.283 e. The maximum absolute atomic E-state index is 13.3. The van der Waals surface area contributed by atoms with Gasteiger partial charge >= 0.3 is 0 Å². The summed E-state index contributed by atoms with van der Waals surface area (Å²) in [6.07, 6.45) is 1.51. The minimum absolute atomic E-state index is 0.189. The van der Waals surface area contributed by atoms with Crippen LogP contribution < -0.4 is 21.1 Å². The van der Waals surface area contributed by atoms with Crippen molar-refractivity contribution >= 4 is 34.3 Å². The fourth-order valence-corrected chi connectivity index (χ4v) is 4.46. The first kappa shape index (κ1) is 25.9. The Labute approximate surface area is 222 Å². The third-order valence-corrected chi connectivity index (χ3v) is 6.97. The molecule has 1 saturated carbocycles. The lowest BCUT2D eigenvalue weighted by Gasteiger charge is -2.16. The number of aromatic nitrogens is 1. The summed E-state index contributed by atoms with van der Waals surface area (Å²) < 4.78 is 37.3. The Morgan fingerprint density at radius 2 is 1.85 bits per heavy atom. The number of nitrogens with zero attached hydrogens (tertiary/aromatic N) is 1. The molecule has 3 aromatic carbocycles. The fraction of sp³-hybridized carbons (Fsp3) is 0.207. The lowest BCUT2D eigenvalue weighted by atomic mass is 9.90. The van der Waals surface area contributed by atoms with Gasteiger partial charge in [0.25, 0.3) is 11.8 Å². The second-order valence-electron chi connectivity index (χ2n) is 9.60. The number of ether oxygens (including phenoxy) is 1. The summed E-state index contributed by atoms with van der Waals surface area (Å²) in [6.45, 7) is 2.80. The number of hydrogen-bond acceptors (Lipinski definition) is 6. The topological polar surface area (TPSA) is 119 Å². The van der Waals surface area contributed by atoms with E-state index in [-0.39, 0.29) is 18.3 Å². The van der Waals surface area contributed by atoms with Crippen LogP contribution in [0.4, 0.5) is 20.3 Å². The molecule has 0 radical (unpaired) electrons. The molecule has 5 rings (SSSR count). The molecular formula is C29H26F2N4O4. The Bertz CT molecular complexity index is 1590. The number of fused-ring (bicyclic) bond motifs is 1. The molecule has 0 aliphatic heterocycles. The number of benzene rings is 3. The number of halogens is 2. The van der Waals surface area contributed by atoms with E-state index in [2.05, 4.69) is 22.4 Å². The van der Waals surface area contributed by atoms with E-state index < -0.39 is 23.8 Å². The average molecular weight is 533 g/mol. The number of nitrogen functional groups attached to an aromatic ring is 1. The van der Waals surface area contributed by atoms with E-state index in [9.17, 15) is 18.4 Å². The molecule has 0 atom stereocenters. The van der Waals surface area contributed by atoms with Crippen molar-refractivity contribution in [1.82, 2.24) is 10.5 Å². The van der Waals surface area contributed by atoms with Gasteiger partial charge in [0.15, 0.2) is 17.2 Å². The highest BCUT2D eigenvalue weighted by Crippen LogP contribution is 2.45. The number of methoxy groups -OCH3 is 1. The highest BCUT2D eigenvalue weighted by molar-refractivity contribution is 6.08. The van der Waals surface area contributed by atoms with Gasteiger partial charge in [-0.3, -0.25) is 14.0 Å². The van der Waals surface area contributed by atoms with E-state index in [0.717, 1.165) is 24.0 Å². The number of carbonyl (C=O) groups is 2. The standard InChI is InChI=1S/C29H26F2N4O4/c1-16(31)27(36)34-19-6-3-17(4-7-19)20-9-10-22-25(26(32)35-39-22)24(20)18-5-8-21(23(13-18)38-2)28(37)33-15-29(14-30)11-12-29/h3-10,13H,1,11-12,14-15H2,2H3,(H2,32,35)(H,33,37)(H,34,36). The molecule has 10 heteroatoms. The summed E-state index contributed by atoms with van der Waals surface area (Å²) in [5, 5.41) is 9.74. The summed E-state index contributed by atoms with van der Waals surface area (Å²) in [5.74, 6) is -1.84. The van der Waals surface area contributed by atoms with E-state index in [1.165, 1.54) is 7.11 Å². The molecule has 39 heavy (non-hydrogen) atoms. The predicted molar refractivity (Wildman–Crippen MR) is 145 cm³/mol. The number of carbonyl (C=O) groups excluding carboxylic acids is 2. The summed E-state index contributed by atoms with van der Waals surface area (Å²) in [5.41, 5.74) is 9.85. The van der Waals surface area contributed by atoms with Gasteiger partial charge in [-0.2, -0.15) is 0 Å². The van der Waals surface area contributed by atoms with E-state index >= 15 is 0 Å². The van der Waals surface area contributed by atoms with Crippen LogP contribution in [0.3, 0.4) is 0 Å². The monoisotopic (exact) mass is 532 g/mol. The zero-order valence-corrected chi connectivity index (χ0v) is 21.1. The zero-order valence-electron chi connectivity index (χ0n) is 21.1. The Morgan fingerprint density at radius 3 is 2.49 bits per heavy atom. The molecular weight excluding hydrogens is 506 g/mol. The quantitative estimate of drug-likeness (QED) is 0.240. The number of anilines is 2. The first-order chi connectivity index (χ1) is 18.7. The first-order valence-corrected chi connectivity index (χ1v) is 12.2. The van der Waals surface area contributed by atoms with Crippen LogP contribution in [-0.2, 0) is 4.79 Å². The molecule has 0 saturated heterocycles. The van der Waals surface area contributed by atoms with Gasteiger partial charge in [-0.15, -0.1) is 0 Å². The molecule has 1 aliphatic carbocycles. The van der Waals surface area contributed by atoms with Crippen molar-refractivity contribution in [2.45, 2.75) is 12.8 Å². The number of rotatable bonds is 9. The molecule has 0 spiro atoms. The van der Waals surface area contributed by atoms with Gasteiger partial charge in [0.05, 0.1) is 24.7 Å². The predicted octanol–water partition coefficient (Wildman–Crippen LogP) is 5.65. The molecule has 4 aromatic rings. The van der Waals surface area contributed by atoms with E-state index in [1.54, 1.807) is 48.5 Å². The van der Waals surface area contributed by atoms with Crippen molar-refractivity contribution in [1.29, 1.82) is 0 Å². The molecule has 1 aliphatic rings. The highest BCUT2D eigenvalue weighted by Gasteiger charge is 2.43. The number of nitrogens with one attached hydrogen (secondary N) is 2. The second kappa shape index (κ2) is 10.2. The molecule has 1 heterocycles. The molecule has 2 amide bonds. The van der Waals surface area contributed by atoms with Crippen LogP contribution in [0.1, 0.15) is 23.2 Å². The van der Waals surface area contributed by atoms with Gasteiger partial charge in [0.2, 0.25) is 0 Å². The number of alkyl halides is 1. The summed E-state index contributed by atoms with van der Waals surface area (Å²) in [6, 6.07) is 15.5. The van der Waals surface area contributed by atoms with Crippen molar-refractivity contribution in [3.63, 3.8) is 0 Å². The molecule has 0 unspecified atom stereocenters. The Balaban J connectivity index is 1.54. The lowest BCUT2D eigenvalue weighted by Crippen LogP contribution is -2.31. The third kappa shape index (κ3) is 5.05. The van der Waals surface area contributed by atoms with Gasteiger partial charge in [-0.1, -0.05) is 29.9 Å². The molecule has 4 N–H and O–H groups in total. The third-order valence-electron chi connectivity index (χ3n) is 6.97. The normalized spacial score (nSPS) is 13.6. The lowest BCUT2D eigenvalue weighted by molar-refractivity contribution is -0.114. The minimum Gasteiger partial charge on any atom is -0.496 e. The van der Waals surface area contributed by atoms with Crippen LogP contribution in [0.25, 0.3) is 33.2 Å². The van der Waals surface area contributed by atoms with E-state index in [4.69, 9.17) is 15.0 Å². The van der Waals surface area contributed by atoms with Crippen LogP contribution in [-0.4, -0.2) is 37.3 Å². The SMILES string of the molecule is C=C(F)C(=O)Nc1ccc(-c2ccc3onc(N)c3c2-c2ccc(C(=O)NCC3(CF)CC3)c(OC)c2)cc1. The van der Waals surface area contributed by atoms with Crippen LogP contribution in [0, 0.1) is 5.41 Å². The van der Waals surface area contributed by atoms with Crippen LogP contribution in [0.5, 0.6) is 5.75 Å². The zero-order chi connectivity index (χ0) is 27.7. The average Bonchev–Trinajstić information content (AvgIpc) is 3.65. The van der Waals surface area contributed by atoms with Gasteiger partial charge in [0.1, 0.15) is 5.75 Å². The Hall–Kier alpha value is -4.73. The summed E-state index contributed by atoms with van der Waals surface area (Å²) in [7, 11) is 1.47. The van der Waals surface area contributed by atoms with Crippen LogP contribution in [0.15, 0.2) is 71.5 Å². The van der Waals surface area contributed by atoms with Gasteiger partial charge in [-0.05, 0) is 65.9 Å². The highest BCUT2D eigenvalue weighted by atomic mass is 19.1. The van der Waals surface area contributed by atoms with Crippen molar-refractivity contribution < 1.29 is 27.6 Å². The van der Waals surface area contributed by atoms with Gasteiger partial charge in [-0.25, -0.2) is 4.39 Å². The summed E-state index contributed by atoms with van der Waals surface area (Å²) in [4.78, 5) is 24.5.